The molecule has 0 heterocycles. The molecule has 9 heteroatoms. The van der Waals surface area contributed by atoms with Gasteiger partial charge in [-0.1, -0.05) is 36.4 Å². The molecule has 0 unspecified atom stereocenters. The van der Waals surface area contributed by atoms with Crippen molar-refractivity contribution in [3.05, 3.63) is 90.2 Å². The quantitative estimate of drug-likeness (QED) is 0.412. The number of carbonyl (C=O) groups is 1. The molecule has 32 heavy (non-hydrogen) atoms. The number of nitrogens with zero attached hydrogens (tertiary/aromatic N) is 2. The number of hydrogen-bond donors (Lipinski definition) is 1. The molecule has 0 saturated carbocycles. The summed E-state index contributed by atoms with van der Waals surface area (Å²) in [4.78, 5) is 12.5. The Balaban J connectivity index is 1.74. The lowest BCUT2D eigenvalue weighted by molar-refractivity contribution is -0.121. The van der Waals surface area contributed by atoms with Crippen LogP contribution in [0.3, 0.4) is 0 Å². The molecule has 3 aromatic rings. The number of hydrogen-bond acceptors (Lipinski definition) is 5. The topological polar surface area (TPSA) is 88.1 Å². The van der Waals surface area contributed by atoms with Crippen LogP contribution in [0.25, 0.3) is 0 Å². The zero-order chi connectivity index (χ0) is 23.1. The normalized spacial score (nSPS) is 12.3. The number of rotatable bonds is 8. The fourth-order valence-electron chi connectivity index (χ4n) is 2.93. The van der Waals surface area contributed by atoms with E-state index in [4.69, 9.17) is 4.74 Å². The second kappa shape index (κ2) is 10.1. The van der Waals surface area contributed by atoms with Gasteiger partial charge in [-0.25, -0.2) is 18.2 Å². The highest BCUT2D eigenvalue weighted by Crippen LogP contribution is 2.26. The molecular weight excluding hydrogens is 433 g/mol. The number of ether oxygens (including phenoxy) is 1. The molecule has 0 aliphatic heterocycles. The number of carbonyl (C=O) groups excluding carboxylic acids is 1. The third-order valence-corrected chi connectivity index (χ3v) is 5.68. The summed E-state index contributed by atoms with van der Waals surface area (Å²) in [5.74, 6) is -0.0116. The highest BCUT2D eigenvalue weighted by Gasteiger charge is 2.29. The first-order valence-electron chi connectivity index (χ1n) is 9.65. The fourth-order valence-corrected chi connectivity index (χ4v) is 4.11. The molecule has 0 spiro atoms. The minimum atomic E-state index is -3.80. The van der Waals surface area contributed by atoms with Crippen molar-refractivity contribution in [3.63, 3.8) is 0 Å². The Labute approximate surface area is 186 Å². The van der Waals surface area contributed by atoms with Crippen molar-refractivity contribution in [1.29, 1.82) is 0 Å². The molecule has 7 nitrogen and oxygen atoms in total. The molecule has 0 aliphatic rings. The van der Waals surface area contributed by atoms with Crippen molar-refractivity contribution in [3.8, 4) is 11.5 Å². The van der Waals surface area contributed by atoms with Crippen LogP contribution in [0.5, 0.6) is 11.5 Å². The zero-order valence-corrected chi connectivity index (χ0v) is 18.3. The summed E-state index contributed by atoms with van der Waals surface area (Å²) in [7, 11) is -3.80. The van der Waals surface area contributed by atoms with Crippen LogP contribution in [0.2, 0.25) is 0 Å². The number of halogens is 1. The van der Waals surface area contributed by atoms with Gasteiger partial charge in [0.15, 0.2) is 0 Å². The molecule has 0 aliphatic carbocycles. The summed E-state index contributed by atoms with van der Waals surface area (Å²) in [6, 6.07) is 20.3. The average Bonchev–Trinajstić information content (AvgIpc) is 2.76. The number of amides is 1. The van der Waals surface area contributed by atoms with E-state index >= 15 is 0 Å². The number of hydrazone groups is 1. The molecule has 3 rings (SSSR count). The van der Waals surface area contributed by atoms with Gasteiger partial charge in [0.05, 0.1) is 18.2 Å². The van der Waals surface area contributed by atoms with Crippen molar-refractivity contribution < 1.29 is 22.3 Å². The summed E-state index contributed by atoms with van der Waals surface area (Å²) in [6.45, 7) is 1.43. The molecule has 3 aromatic carbocycles. The smallest absolute Gasteiger partial charge is 0.263 e. The Kier molecular flexibility index (Phi) is 7.21. The van der Waals surface area contributed by atoms with Crippen LogP contribution in [0, 0.1) is 5.82 Å². The van der Waals surface area contributed by atoms with Crippen LogP contribution >= 0.6 is 0 Å². The van der Waals surface area contributed by atoms with Gasteiger partial charge in [-0.05, 0) is 49.4 Å². The van der Waals surface area contributed by atoms with Crippen molar-refractivity contribution in [2.75, 3.05) is 10.6 Å². The minimum absolute atomic E-state index is 0.189. The van der Waals surface area contributed by atoms with E-state index in [1.54, 1.807) is 42.5 Å². The lowest BCUT2D eigenvalue weighted by Crippen LogP contribution is -2.46. The van der Waals surface area contributed by atoms with E-state index in [9.17, 15) is 17.6 Å². The fraction of sp³-hybridized carbons (Fsp3) is 0.130. The van der Waals surface area contributed by atoms with Gasteiger partial charge in [-0.2, -0.15) is 5.10 Å². The Bertz CT molecular complexity index is 1200. The zero-order valence-electron chi connectivity index (χ0n) is 17.5. The van der Waals surface area contributed by atoms with Gasteiger partial charge in [-0.3, -0.25) is 9.10 Å². The molecule has 1 amide bonds. The van der Waals surface area contributed by atoms with Gasteiger partial charge in [0.1, 0.15) is 23.4 Å². The third-order valence-electron chi connectivity index (χ3n) is 4.44. The summed E-state index contributed by atoms with van der Waals surface area (Å²) in [5.41, 5.74) is 2.73. The van der Waals surface area contributed by atoms with E-state index in [2.05, 4.69) is 10.5 Å². The lowest BCUT2D eigenvalue weighted by atomic mass is 10.2. The largest absolute Gasteiger partial charge is 0.457 e. The number of para-hydroxylation sites is 1. The van der Waals surface area contributed by atoms with Crippen molar-refractivity contribution >= 4 is 27.8 Å². The maximum absolute atomic E-state index is 13.6. The summed E-state index contributed by atoms with van der Waals surface area (Å²) < 4.78 is 45.2. The number of sulfonamides is 1. The molecule has 0 fully saturated rings. The second-order valence-electron chi connectivity index (χ2n) is 6.90. The van der Waals surface area contributed by atoms with Crippen molar-refractivity contribution in [2.45, 2.75) is 13.0 Å². The third kappa shape index (κ3) is 5.92. The second-order valence-corrected chi connectivity index (χ2v) is 8.76. The number of anilines is 1. The standard InChI is InChI=1S/C23H22FN3O4S/c1-17(23(28)26-25-16-18-8-6-7-11-22(18)24)27(32(2,29)30)19-12-14-21(15-13-19)31-20-9-4-3-5-10-20/h3-17H,1-2H3,(H,26,28)/b25-16-/t17-/m0/s1. The van der Waals surface area contributed by atoms with E-state index in [0.717, 1.165) is 16.8 Å². The number of benzene rings is 3. The predicted molar refractivity (Wildman–Crippen MR) is 122 cm³/mol. The van der Waals surface area contributed by atoms with Crippen LogP contribution in [0.4, 0.5) is 10.1 Å². The van der Waals surface area contributed by atoms with Gasteiger partial charge in [0, 0.05) is 5.56 Å². The first-order chi connectivity index (χ1) is 15.3. The Hall–Kier alpha value is -3.72. The van der Waals surface area contributed by atoms with E-state index in [1.165, 1.54) is 25.1 Å². The number of nitrogens with one attached hydrogen (secondary N) is 1. The predicted octanol–water partition coefficient (Wildman–Crippen LogP) is 3.92. The Morgan fingerprint density at radius 1 is 1.00 bits per heavy atom. The highest BCUT2D eigenvalue weighted by atomic mass is 32.2. The first-order valence-corrected chi connectivity index (χ1v) is 11.5. The minimum Gasteiger partial charge on any atom is -0.457 e. The summed E-state index contributed by atoms with van der Waals surface area (Å²) in [5, 5.41) is 3.74. The summed E-state index contributed by atoms with van der Waals surface area (Å²) in [6.07, 6.45) is 2.16. The van der Waals surface area contributed by atoms with Crippen molar-refractivity contribution in [2.24, 2.45) is 5.10 Å². The average molecular weight is 456 g/mol. The molecule has 0 bridgehead atoms. The monoisotopic (exact) mass is 455 g/mol. The first kappa shape index (κ1) is 23.0. The van der Waals surface area contributed by atoms with Crippen LogP contribution in [0.1, 0.15) is 12.5 Å². The molecule has 166 valence electrons. The maximum Gasteiger partial charge on any atom is 0.263 e. The SMILES string of the molecule is C[C@@H](C(=O)N/N=C\c1ccccc1F)N(c1ccc(Oc2ccccc2)cc1)S(C)(=O)=O. The Morgan fingerprint density at radius 3 is 2.22 bits per heavy atom. The molecule has 0 radical (unpaired) electrons. The van der Waals surface area contributed by atoms with Crippen LogP contribution < -0.4 is 14.5 Å². The van der Waals surface area contributed by atoms with Gasteiger partial charge < -0.3 is 4.74 Å². The van der Waals surface area contributed by atoms with Gasteiger partial charge in [-0.15, -0.1) is 0 Å². The molecule has 0 aromatic heterocycles. The summed E-state index contributed by atoms with van der Waals surface area (Å²) >= 11 is 0. The van der Waals surface area contributed by atoms with Gasteiger partial charge in [0.25, 0.3) is 5.91 Å². The maximum atomic E-state index is 13.6. The molecule has 1 N–H and O–H groups in total. The molecule has 0 saturated heterocycles. The van der Waals surface area contributed by atoms with E-state index in [1.807, 2.05) is 18.2 Å². The lowest BCUT2D eigenvalue weighted by Gasteiger charge is -2.27. The van der Waals surface area contributed by atoms with Crippen molar-refractivity contribution in [1.82, 2.24) is 5.43 Å². The molecular formula is C23H22FN3O4S. The van der Waals surface area contributed by atoms with Gasteiger partial charge in [0.2, 0.25) is 10.0 Å². The van der Waals surface area contributed by atoms with Crippen LogP contribution in [0.15, 0.2) is 84.0 Å². The van der Waals surface area contributed by atoms with E-state index in [0.29, 0.717) is 11.5 Å². The highest BCUT2D eigenvalue weighted by molar-refractivity contribution is 7.92. The Morgan fingerprint density at radius 2 is 1.59 bits per heavy atom. The van der Waals surface area contributed by atoms with Crippen LogP contribution in [-0.4, -0.2) is 32.8 Å². The molecule has 1 atom stereocenters. The van der Waals surface area contributed by atoms with Gasteiger partial charge >= 0.3 is 0 Å². The van der Waals surface area contributed by atoms with E-state index < -0.39 is 27.8 Å². The van der Waals surface area contributed by atoms with Crippen LogP contribution in [-0.2, 0) is 14.8 Å². The van der Waals surface area contributed by atoms with E-state index in [-0.39, 0.29) is 11.3 Å².